The molecule has 224 valence electrons. The van der Waals surface area contributed by atoms with Gasteiger partial charge in [-0.15, -0.1) is 0 Å². The van der Waals surface area contributed by atoms with Crippen LogP contribution < -0.4 is 16.0 Å². The number of carbonyl (C=O) groups is 3. The largest absolute Gasteiger partial charge is 0.412 e. The van der Waals surface area contributed by atoms with Gasteiger partial charge in [0.25, 0.3) is 0 Å². The molecule has 8 nitrogen and oxygen atoms in total. The van der Waals surface area contributed by atoms with Gasteiger partial charge in [0.1, 0.15) is 12.1 Å². The van der Waals surface area contributed by atoms with E-state index >= 15 is 0 Å². The molecule has 4 fully saturated rings. The number of rotatable bonds is 7. The third kappa shape index (κ3) is 5.63. The molecule has 0 aromatic heterocycles. The van der Waals surface area contributed by atoms with Crippen LogP contribution in [0.15, 0.2) is 0 Å². The van der Waals surface area contributed by atoms with E-state index in [4.69, 9.17) is 0 Å². The fraction of sp³-hybridized carbons (Fsp3) is 0.846. The van der Waals surface area contributed by atoms with Gasteiger partial charge in [0, 0.05) is 18.0 Å². The van der Waals surface area contributed by atoms with Gasteiger partial charge in [0.2, 0.25) is 23.8 Å². The Bertz CT molecular complexity index is 1090. The summed E-state index contributed by atoms with van der Waals surface area (Å²) in [6.07, 6.45) is -9.12. The number of likely N-dealkylation sites (tertiary alicyclic amines) is 1. The molecule has 6 unspecified atom stereocenters. The van der Waals surface area contributed by atoms with Gasteiger partial charge >= 0.3 is 12.4 Å². The molecule has 0 aromatic carbocycles. The molecule has 3 N–H and O–H groups in total. The third-order valence-electron chi connectivity index (χ3n) is 9.10. The van der Waals surface area contributed by atoms with Gasteiger partial charge in [0.15, 0.2) is 0 Å². The molecule has 2 heterocycles. The summed E-state index contributed by atoms with van der Waals surface area (Å²) in [5.41, 5.74) is -2.00. The van der Waals surface area contributed by atoms with Gasteiger partial charge < -0.3 is 15.5 Å². The van der Waals surface area contributed by atoms with Crippen molar-refractivity contribution in [3.8, 4) is 6.07 Å². The summed E-state index contributed by atoms with van der Waals surface area (Å²) in [5, 5.41) is 16.7. The Balaban J connectivity index is 1.54. The standard InChI is InChI=1S/C26H35F6N5O3/c1-22(2,3)17(35-21(25(27,28)29)26(30,31)32)20(40)37-11-14-15(23(14,4)5)16(37)19(39)34-13(10-33)8-12-9-24(6-7-24)36-18(12)38/h12-17,21,35H,6-9,11H2,1-5H3,(H,34,39)(H,36,38). The Kier molecular flexibility index (Phi) is 7.21. The maximum absolute atomic E-state index is 13.7. The molecule has 2 saturated carbocycles. The average Bonchev–Trinajstić information content (AvgIpc) is 3.49. The molecule has 14 heteroatoms. The van der Waals surface area contributed by atoms with E-state index in [1.807, 2.05) is 19.9 Å². The Morgan fingerprint density at radius 3 is 2.15 bits per heavy atom. The van der Waals surface area contributed by atoms with Crippen LogP contribution in [0.25, 0.3) is 0 Å². The Morgan fingerprint density at radius 2 is 1.70 bits per heavy atom. The number of hydrogen-bond donors (Lipinski definition) is 3. The van der Waals surface area contributed by atoms with Gasteiger partial charge in [0.05, 0.1) is 12.1 Å². The normalized spacial score (nSPS) is 30.0. The summed E-state index contributed by atoms with van der Waals surface area (Å²) in [4.78, 5) is 40.6. The number of nitrogens with zero attached hydrogens (tertiary/aromatic N) is 2. The van der Waals surface area contributed by atoms with Crippen LogP contribution >= 0.6 is 0 Å². The maximum atomic E-state index is 13.7. The highest BCUT2D eigenvalue weighted by Crippen LogP contribution is 2.65. The first kappa shape index (κ1) is 30.4. The predicted octanol–water partition coefficient (Wildman–Crippen LogP) is 3.03. The van der Waals surface area contributed by atoms with E-state index in [0.29, 0.717) is 6.42 Å². The van der Waals surface area contributed by atoms with E-state index in [0.717, 1.165) is 17.7 Å². The lowest BCUT2D eigenvalue weighted by molar-refractivity contribution is -0.261. The first-order valence-electron chi connectivity index (χ1n) is 13.3. The molecule has 40 heavy (non-hydrogen) atoms. The van der Waals surface area contributed by atoms with Crippen molar-refractivity contribution >= 4 is 17.7 Å². The lowest BCUT2D eigenvalue weighted by Gasteiger charge is -2.40. The van der Waals surface area contributed by atoms with E-state index in [9.17, 15) is 46.0 Å². The highest BCUT2D eigenvalue weighted by atomic mass is 19.4. The second kappa shape index (κ2) is 9.49. The number of alkyl halides is 6. The third-order valence-corrected chi connectivity index (χ3v) is 9.10. The van der Waals surface area contributed by atoms with Gasteiger partial charge in [-0.25, -0.2) is 0 Å². The zero-order valence-corrected chi connectivity index (χ0v) is 23.0. The molecule has 0 radical (unpaired) electrons. The van der Waals surface area contributed by atoms with Crippen LogP contribution in [0.4, 0.5) is 26.3 Å². The summed E-state index contributed by atoms with van der Waals surface area (Å²) in [6.45, 7) is 7.74. The van der Waals surface area contributed by atoms with Crippen molar-refractivity contribution in [2.75, 3.05) is 6.54 Å². The Morgan fingerprint density at radius 1 is 1.12 bits per heavy atom. The topological polar surface area (TPSA) is 114 Å². The molecule has 2 saturated heterocycles. The molecular weight excluding hydrogens is 544 g/mol. The van der Waals surface area contributed by atoms with Crippen molar-refractivity contribution in [3.63, 3.8) is 0 Å². The summed E-state index contributed by atoms with van der Waals surface area (Å²) < 4.78 is 80.3. The van der Waals surface area contributed by atoms with Gasteiger partial charge in [-0.05, 0) is 48.3 Å². The van der Waals surface area contributed by atoms with E-state index in [-0.39, 0.29) is 36.2 Å². The number of nitriles is 1. The first-order chi connectivity index (χ1) is 18.1. The molecule has 2 aliphatic heterocycles. The van der Waals surface area contributed by atoms with Crippen molar-refractivity contribution in [2.45, 2.75) is 102 Å². The summed E-state index contributed by atoms with van der Waals surface area (Å²) in [5.74, 6) is -3.01. The minimum Gasteiger partial charge on any atom is -0.350 e. The monoisotopic (exact) mass is 579 g/mol. The minimum absolute atomic E-state index is 0.0175. The number of carbonyl (C=O) groups excluding carboxylic acids is 3. The SMILES string of the molecule is CC(C)(C)C(NC(C(F)(F)F)C(F)(F)F)C(=O)N1CC2C(C1C(=O)NC(C#N)CC1CC3(CC3)NC1=O)C2(C)C. The molecule has 2 aliphatic carbocycles. The van der Waals surface area contributed by atoms with E-state index in [2.05, 4.69) is 10.6 Å². The van der Waals surface area contributed by atoms with Crippen LogP contribution in [0.3, 0.4) is 0 Å². The lowest BCUT2D eigenvalue weighted by atomic mass is 9.84. The quantitative estimate of drug-likeness (QED) is 0.402. The fourth-order valence-corrected chi connectivity index (χ4v) is 6.55. The fourth-order valence-electron chi connectivity index (χ4n) is 6.55. The van der Waals surface area contributed by atoms with E-state index < -0.39 is 65.1 Å². The molecule has 4 aliphatic rings. The smallest absolute Gasteiger partial charge is 0.350 e. The maximum Gasteiger partial charge on any atom is 0.412 e. The zero-order valence-electron chi connectivity index (χ0n) is 23.0. The zero-order chi connectivity index (χ0) is 30.2. The summed E-state index contributed by atoms with van der Waals surface area (Å²) in [7, 11) is 0. The minimum atomic E-state index is -5.71. The molecule has 4 rings (SSSR count). The number of halogens is 6. The van der Waals surface area contributed by atoms with Crippen LogP contribution in [0.2, 0.25) is 0 Å². The second-order valence-corrected chi connectivity index (χ2v) is 13.5. The lowest BCUT2D eigenvalue weighted by Crippen LogP contribution is -2.64. The van der Waals surface area contributed by atoms with Crippen LogP contribution in [0.1, 0.15) is 60.3 Å². The molecular formula is C26H35F6N5O3. The van der Waals surface area contributed by atoms with Crippen LogP contribution in [0.5, 0.6) is 0 Å². The van der Waals surface area contributed by atoms with Crippen LogP contribution in [-0.4, -0.2) is 71.2 Å². The first-order valence-corrected chi connectivity index (χ1v) is 13.3. The number of amides is 3. The van der Waals surface area contributed by atoms with Crippen LogP contribution in [-0.2, 0) is 14.4 Å². The van der Waals surface area contributed by atoms with E-state index in [1.54, 1.807) is 0 Å². The van der Waals surface area contributed by atoms with Gasteiger partial charge in [-0.1, -0.05) is 34.6 Å². The number of piperidine rings is 1. The molecule has 0 bridgehead atoms. The highest BCUT2D eigenvalue weighted by Gasteiger charge is 2.70. The number of hydrogen-bond acceptors (Lipinski definition) is 5. The highest BCUT2D eigenvalue weighted by molar-refractivity contribution is 5.92. The van der Waals surface area contributed by atoms with Crippen LogP contribution in [0, 0.1) is 39.9 Å². The molecule has 0 aromatic rings. The molecule has 3 amide bonds. The summed E-state index contributed by atoms with van der Waals surface area (Å²) in [6, 6.07) is -6.13. The van der Waals surface area contributed by atoms with E-state index in [1.165, 1.54) is 26.1 Å². The van der Waals surface area contributed by atoms with Crippen molar-refractivity contribution < 1.29 is 40.7 Å². The second-order valence-electron chi connectivity index (χ2n) is 13.5. The van der Waals surface area contributed by atoms with Gasteiger partial charge in [-0.3, -0.25) is 19.7 Å². The molecule has 6 atom stereocenters. The van der Waals surface area contributed by atoms with Crippen molar-refractivity contribution in [2.24, 2.45) is 28.6 Å². The number of nitrogens with one attached hydrogen (secondary N) is 3. The Labute approximate surface area is 228 Å². The Hall–Kier alpha value is -2.56. The van der Waals surface area contributed by atoms with Gasteiger partial charge in [-0.2, -0.15) is 31.6 Å². The summed E-state index contributed by atoms with van der Waals surface area (Å²) >= 11 is 0. The number of fused-ring (bicyclic) bond motifs is 1. The van der Waals surface area contributed by atoms with Crippen molar-refractivity contribution in [1.29, 1.82) is 5.26 Å². The average molecular weight is 580 g/mol. The van der Waals surface area contributed by atoms with Crippen molar-refractivity contribution in [1.82, 2.24) is 20.9 Å². The molecule has 1 spiro atoms. The predicted molar refractivity (Wildman–Crippen MR) is 129 cm³/mol. The van der Waals surface area contributed by atoms with Crippen molar-refractivity contribution in [3.05, 3.63) is 0 Å².